The van der Waals surface area contributed by atoms with Crippen LogP contribution in [0.15, 0.2) is 57.9 Å². The first-order chi connectivity index (χ1) is 12.4. The molecule has 2 heterocycles. The van der Waals surface area contributed by atoms with E-state index in [1.807, 2.05) is 57.2 Å². The highest BCUT2D eigenvalue weighted by atomic mass is 32.2. The number of nitrogens with zero attached hydrogens (tertiary/aromatic N) is 2. The fourth-order valence-electron chi connectivity index (χ4n) is 3.60. The number of fused-ring (bicyclic) bond motifs is 1. The first-order valence-electron chi connectivity index (χ1n) is 8.54. The smallest absolute Gasteiger partial charge is 0.264 e. The molecule has 0 N–H and O–H groups in total. The summed E-state index contributed by atoms with van der Waals surface area (Å²) in [4.78, 5) is 0.320. The van der Waals surface area contributed by atoms with Gasteiger partial charge < -0.3 is 4.52 Å². The van der Waals surface area contributed by atoms with Crippen LogP contribution in [0.5, 0.6) is 0 Å². The predicted molar refractivity (Wildman–Crippen MR) is 101 cm³/mol. The summed E-state index contributed by atoms with van der Waals surface area (Å²) in [5, 5.41) is 3.89. The van der Waals surface area contributed by atoms with Crippen LogP contribution in [0.1, 0.15) is 23.7 Å². The van der Waals surface area contributed by atoms with Gasteiger partial charge in [0.2, 0.25) is 0 Å². The Morgan fingerprint density at radius 1 is 1.12 bits per heavy atom. The molecule has 0 fully saturated rings. The largest absolute Gasteiger partial charge is 0.356 e. The summed E-state index contributed by atoms with van der Waals surface area (Å²) in [6.45, 7) is 5.61. The molecule has 1 atom stereocenters. The molecule has 26 heavy (non-hydrogen) atoms. The van der Waals surface area contributed by atoms with Gasteiger partial charge in [-0.05, 0) is 62.6 Å². The van der Waals surface area contributed by atoms with E-state index in [4.69, 9.17) is 4.52 Å². The molecular formula is C20H20N2O3S. The number of aromatic nitrogens is 1. The lowest BCUT2D eigenvalue weighted by atomic mass is 10.1. The molecule has 5 nitrogen and oxygen atoms in total. The lowest BCUT2D eigenvalue weighted by Crippen LogP contribution is -2.36. The molecule has 0 radical (unpaired) electrons. The summed E-state index contributed by atoms with van der Waals surface area (Å²) in [5.74, 6) is 0.634. The highest BCUT2D eigenvalue weighted by Crippen LogP contribution is 2.37. The molecule has 0 bridgehead atoms. The normalized spacial score (nSPS) is 16.7. The van der Waals surface area contributed by atoms with Crippen LogP contribution in [0.3, 0.4) is 0 Å². The molecule has 0 saturated carbocycles. The van der Waals surface area contributed by atoms with Gasteiger partial charge in [0, 0.05) is 17.7 Å². The molecule has 4 rings (SSSR count). The van der Waals surface area contributed by atoms with Gasteiger partial charge in [-0.2, -0.15) is 0 Å². The van der Waals surface area contributed by atoms with Crippen molar-refractivity contribution in [1.29, 1.82) is 0 Å². The van der Waals surface area contributed by atoms with Gasteiger partial charge in [-0.25, -0.2) is 8.42 Å². The molecule has 0 saturated heterocycles. The maximum absolute atomic E-state index is 13.4. The summed E-state index contributed by atoms with van der Waals surface area (Å²) in [6.07, 6.45) is 0.726. The van der Waals surface area contributed by atoms with Crippen LogP contribution in [0.2, 0.25) is 0 Å². The Labute approximate surface area is 153 Å². The Bertz CT molecular complexity index is 1090. The number of hydrogen-bond donors (Lipinski definition) is 0. The summed E-state index contributed by atoms with van der Waals surface area (Å²) in [5.41, 5.74) is 4.13. The summed E-state index contributed by atoms with van der Waals surface area (Å²) in [7, 11) is -3.64. The number of hydrogen-bond acceptors (Lipinski definition) is 4. The third-order valence-electron chi connectivity index (χ3n) is 4.77. The van der Waals surface area contributed by atoms with Crippen molar-refractivity contribution >= 4 is 15.7 Å². The van der Waals surface area contributed by atoms with Crippen molar-refractivity contribution in [1.82, 2.24) is 5.16 Å². The lowest BCUT2D eigenvalue weighted by Gasteiger charge is -2.25. The van der Waals surface area contributed by atoms with Crippen molar-refractivity contribution in [3.63, 3.8) is 0 Å². The SMILES string of the molecule is Cc1cc(-c2ccc(S(=O)(=O)N3c4ccccc4C[C@H]3C)c(C)c2)on1. The molecule has 1 aromatic heterocycles. The number of para-hydroxylation sites is 1. The van der Waals surface area contributed by atoms with E-state index in [1.54, 1.807) is 16.4 Å². The van der Waals surface area contributed by atoms with Crippen molar-refractivity contribution in [2.45, 2.75) is 38.1 Å². The van der Waals surface area contributed by atoms with E-state index >= 15 is 0 Å². The Morgan fingerprint density at radius 3 is 2.58 bits per heavy atom. The van der Waals surface area contributed by atoms with Crippen molar-refractivity contribution in [2.24, 2.45) is 0 Å². The van der Waals surface area contributed by atoms with Gasteiger partial charge >= 0.3 is 0 Å². The molecule has 0 unspecified atom stereocenters. The minimum atomic E-state index is -3.64. The average Bonchev–Trinajstić information content (AvgIpc) is 3.17. The van der Waals surface area contributed by atoms with Crippen LogP contribution in [0.25, 0.3) is 11.3 Å². The van der Waals surface area contributed by atoms with E-state index in [2.05, 4.69) is 5.16 Å². The van der Waals surface area contributed by atoms with Gasteiger partial charge in [0.15, 0.2) is 5.76 Å². The molecule has 134 valence electrons. The van der Waals surface area contributed by atoms with Crippen LogP contribution >= 0.6 is 0 Å². The Hall–Kier alpha value is -2.60. The molecular weight excluding hydrogens is 348 g/mol. The second-order valence-corrected chi connectivity index (χ2v) is 8.58. The third-order valence-corrected chi connectivity index (χ3v) is 6.86. The highest BCUT2D eigenvalue weighted by Gasteiger charge is 2.36. The van der Waals surface area contributed by atoms with Gasteiger partial charge in [0.1, 0.15) is 0 Å². The van der Waals surface area contributed by atoms with Crippen molar-refractivity contribution in [3.05, 3.63) is 65.4 Å². The second-order valence-electron chi connectivity index (χ2n) is 6.80. The van der Waals surface area contributed by atoms with E-state index < -0.39 is 10.0 Å². The first-order valence-corrected chi connectivity index (χ1v) is 9.98. The molecule has 1 aliphatic heterocycles. The fourth-order valence-corrected chi connectivity index (χ4v) is 5.50. The van der Waals surface area contributed by atoms with Crippen LogP contribution in [0.4, 0.5) is 5.69 Å². The van der Waals surface area contributed by atoms with Crippen LogP contribution in [-0.2, 0) is 16.4 Å². The Balaban J connectivity index is 1.77. The number of anilines is 1. The topological polar surface area (TPSA) is 63.4 Å². The number of aryl methyl sites for hydroxylation is 2. The van der Waals surface area contributed by atoms with Crippen LogP contribution < -0.4 is 4.31 Å². The van der Waals surface area contributed by atoms with Gasteiger partial charge in [0.25, 0.3) is 10.0 Å². The zero-order valence-electron chi connectivity index (χ0n) is 14.9. The molecule has 1 aliphatic rings. The van der Waals surface area contributed by atoms with Crippen molar-refractivity contribution in [2.75, 3.05) is 4.31 Å². The van der Waals surface area contributed by atoms with E-state index in [0.29, 0.717) is 16.2 Å². The Morgan fingerprint density at radius 2 is 1.88 bits per heavy atom. The number of benzene rings is 2. The maximum atomic E-state index is 13.4. The summed E-state index contributed by atoms with van der Waals surface area (Å²) >= 11 is 0. The van der Waals surface area contributed by atoms with Gasteiger partial charge in [-0.3, -0.25) is 4.31 Å². The standard InChI is InChI=1S/C20H20N2O3S/c1-13-10-17(19-11-14(2)21-25-19)8-9-20(13)26(23,24)22-15(3)12-16-6-4-5-7-18(16)22/h4-11,15H,12H2,1-3H3/t15-/m1/s1. The summed E-state index contributed by atoms with van der Waals surface area (Å²) < 4.78 is 33.6. The zero-order chi connectivity index (χ0) is 18.5. The monoisotopic (exact) mass is 368 g/mol. The fraction of sp³-hybridized carbons (Fsp3) is 0.250. The van der Waals surface area contributed by atoms with E-state index in [9.17, 15) is 8.42 Å². The quantitative estimate of drug-likeness (QED) is 0.698. The predicted octanol–water partition coefficient (Wildman–Crippen LogP) is 4.10. The average molecular weight is 368 g/mol. The molecule has 0 aliphatic carbocycles. The zero-order valence-corrected chi connectivity index (χ0v) is 15.7. The van der Waals surface area contributed by atoms with E-state index in [0.717, 1.165) is 28.9 Å². The number of sulfonamides is 1. The van der Waals surface area contributed by atoms with Gasteiger partial charge in [0.05, 0.1) is 16.3 Å². The number of rotatable bonds is 3. The van der Waals surface area contributed by atoms with E-state index in [-0.39, 0.29) is 6.04 Å². The second kappa shape index (κ2) is 5.99. The highest BCUT2D eigenvalue weighted by molar-refractivity contribution is 7.93. The van der Waals surface area contributed by atoms with Gasteiger partial charge in [-0.1, -0.05) is 23.4 Å². The molecule has 0 amide bonds. The molecule has 0 spiro atoms. The molecule has 3 aromatic rings. The first kappa shape index (κ1) is 16.8. The minimum Gasteiger partial charge on any atom is -0.356 e. The van der Waals surface area contributed by atoms with Crippen LogP contribution in [-0.4, -0.2) is 19.6 Å². The molecule has 6 heteroatoms. The van der Waals surface area contributed by atoms with Crippen molar-refractivity contribution < 1.29 is 12.9 Å². The van der Waals surface area contributed by atoms with Gasteiger partial charge in [-0.15, -0.1) is 0 Å². The minimum absolute atomic E-state index is 0.103. The maximum Gasteiger partial charge on any atom is 0.264 e. The Kier molecular flexibility index (Phi) is 3.88. The molecule has 2 aromatic carbocycles. The third kappa shape index (κ3) is 2.61. The lowest BCUT2D eigenvalue weighted by molar-refractivity contribution is 0.427. The van der Waals surface area contributed by atoms with E-state index in [1.165, 1.54) is 0 Å². The summed E-state index contributed by atoms with van der Waals surface area (Å²) in [6, 6.07) is 14.7. The van der Waals surface area contributed by atoms with Crippen LogP contribution in [0, 0.1) is 13.8 Å². The van der Waals surface area contributed by atoms with Crippen molar-refractivity contribution in [3.8, 4) is 11.3 Å².